The number of carboxylic acid groups (broad SMARTS) is 1. The van der Waals surface area contributed by atoms with Crippen LogP contribution in [0.15, 0.2) is 24.3 Å². The number of piperidine rings is 1. The second-order valence-electron chi connectivity index (χ2n) is 13.1. The number of hydrogen-bond acceptors (Lipinski definition) is 2. The van der Waals surface area contributed by atoms with Crippen LogP contribution in [-0.2, 0) is 20.4 Å². The first kappa shape index (κ1) is 22.9. The van der Waals surface area contributed by atoms with Gasteiger partial charge in [0.15, 0.2) is 0 Å². The Bertz CT molecular complexity index is 979. The van der Waals surface area contributed by atoms with Gasteiger partial charge in [0.2, 0.25) is 5.91 Å². The molecule has 4 heteroatoms. The van der Waals surface area contributed by atoms with Crippen LogP contribution < -0.4 is 5.32 Å². The van der Waals surface area contributed by atoms with Crippen molar-refractivity contribution in [3.63, 3.8) is 0 Å². The van der Waals surface area contributed by atoms with Gasteiger partial charge >= 0.3 is 5.97 Å². The number of fused-ring (bicyclic) bond motifs is 5. The van der Waals surface area contributed by atoms with Gasteiger partial charge in [-0.1, -0.05) is 58.9 Å². The molecule has 33 heavy (non-hydrogen) atoms. The Morgan fingerprint density at radius 3 is 2.39 bits per heavy atom. The molecule has 0 aromatic heterocycles. The molecule has 4 nitrogen and oxygen atoms in total. The second kappa shape index (κ2) is 7.33. The van der Waals surface area contributed by atoms with Crippen LogP contribution in [0, 0.1) is 28.6 Å². The van der Waals surface area contributed by atoms with E-state index in [4.69, 9.17) is 0 Å². The van der Waals surface area contributed by atoms with E-state index in [1.165, 1.54) is 5.56 Å². The van der Waals surface area contributed by atoms with Crippen molar-refractivity contribution in [1.29, 1.82) is 0 Å². The topological polar surface area (TPSA) is 66.4 Å². The number of carboxylic acids is 1. The van der Waals surface area contributed by atoms with Gasteiger partial charge in [-0.2, -0.15) is 0 Å². The Morgan fingerprint density at radius 2 is 1.70 bits per heavy atom. The molecule has 4 aliphatic rings. The van der Waals surface area contributed by atoms with Crippen molar-refractivity contribution in [3.8, 4) is 0 Å². The average Bonchev–Trinajstić information content (AvgIpc) is 3.07. The SMILES string of the molecule is CC(C)(C)c1ccccc1C1(C(=O)O)CC[C@H]2[C@@H]3CCC4NC(=O)CC[C@]4(C)[C@@H]3CC[C@@]21C. The first-order chi connectivity index (χ1) is 15.4. The van der Waals surface area contributed by atoms with Crippen LogP contribution >= 0.6 is 0 Å². The van der Waals surface area contributed by atoms with Crippen LogP contribution in [0.2, 0.25) is 0 Å². The molecule has 0 radical (unpaired) electrons. The largest absolute Gasteiger partial charge is 0.481 e. The van der Waals surface area contributed by atoms with Crippen LogP contribution in [0.1, 0.15) is 97.1 Å². The van der Waals surface area contributed by atoms with Gasteiger partial charge in [-0.3, -0.25) is 9.59 Å². The molecule has 1 aliphatic heterocycles. The van der Waals surface area contributed by atoms with E-state index in [-0.39, 0.29) is 28.2 Å². The summed E-state index contributed by atoms with van der Waals surface area (Å²) in [5, 5.41) is 14.2. The number of hydrogen-bond donors (Lipinski definition) is 2. The number of carbonyl (C=O) groups excluding carboxylic acids is 1. The van der Waals surface area contributed by atoms with Crippen molar-refractivity contribution in [3.05, 3.63) is 35.4 Å². The maximum absolute atomic E-state index is 13.3. The lowest BCUT2D eigenvalue weighted by molar-refractivity contribution is -0.157. The minimum atomic E-state index is -0.828. The molecular formula is C29H41NO3. The molecule has 1 saturated heterocycles. The Labute approximate surface area is 198 Å². The quantitative estimate of drug-likeness (QED) is 0.595. The summed E-state index contributed by atoms with van der Waals surface area (Å²) in [6.45, 7) is 11.3. The molecule has 1 heterocycles. The molecule has 0 spiro atoms. The summed E-state index contributed by atoms with van der Waals surface area (Å²) in [6.07, 6.45) is 7.53. The number of carbonyl (C=O) groups is 2. The van der Waals surface area contributed by atoms with E-state index >= 15 is 0 Å². The third-order valence-electron chi connectivity index (χ3n) is 10.8. The first-order valence-corrected chi connectivity index (χ1v) is 13.1. The zero-order valence-electron chi connectivity index (χ0n) is 21.0. The van der Waals surface area contributed by atoms with Crippen molar-refractivity contribution in [1.82, 2.24) is 5.32 Å². The van der Waals surface area contributed by atoms with Gasteiger partial charge in [0.1, 0.15) is 0 Å². The Morgan fingerprint density at radius 1 is 1.00 bits per heavy atom. The van der Waals surface area contributed by atoms with Crippen molar-refractivity contribution < 1.29 is 14.7 Å². The normalized spacial score (nSPS) is 42.6. The monoisotopic (exact) mass is 451 g/mol. The molecule has 3 saturated carbocycles. The third-order valence-corrected chi connectivity index (χ3v) is 10.8. The summed E-state index contributed by atoms with van der Waals surface area (Å²) in [7, 11) is 0. The second-order valence-corrected chi connectivity index (χ2v) is 13.1. The van der Waals surface area contributed by atoms with Gasteiger partial charge in [0.05, 0.1) is 5.41 Å². The lowest BCUT2D eigenvalue weighted by Crippen LogP contribution is -2.62. The zero-order valence-corrected chi connectivity index (χ0v) is 21.0. The number of aliphatic carboxylic acids is 1. The highest BCUT2D eigenvalue weighted by Gasteiger charge is 2.68. The minimum absolute atomic E-state index is 0.101. The molecule has 1 amide bonds. The van der Waals surface area contributed by atoms with Crippen LogP contribution in [0.3, 0.4) is 0 Å². The maximum atomic E-state index is 13.3. The molecule has 2 unspecified atom stereocenters. The van der Waals surface area contributed by atoms with Crippen LogP contribution in [0.4, 0.5) is 0 Å². The van der Waals surface area contributed by atoms with Gasteiger partial charge in [0.25, 0.3) is 0 Å². The van der Waals surface area contributed by atoms with E-state index in [1.807, 2.05) is 6.07 Å². The van der Waals surface area contributed by atoms with E-state index in [9.17, 15) is 14.7 Å². The molecule has 2 N–H and O–H groups in total. The van der Waals surface area contributed by atoms with Crippen molar-refractivity contribution in [2.45, 2.75) is 103 Å². The summed E-state index contributed by atoms with van der Waals surface area (Å²) < 4.78 is 0. The van der Waals surface area contributed by atoms with Crippen LogP contribution in [0.25, 0.3) is 0 Å². The Balaban J connectivity index is 1.58. The number of benzene rings is 1. The fourth-order valence-corrected chi connectivity index (χ4v) is 9.16. The van der Waals surface area contributed by atoms with Gasteiger partial charge < -0.3 is 10.4 Å². The molecule has 3 aliphatic carbocycles. The van der Waals surface area contributed by atoms with Gasteiger partial charge in [-0.15, -0.1) is 0 Å². The smallest absolute Gasteiger partial charge is 0.314 e. The fraction of sp³-hybridized carbons (Fsp3) is 0.724. The zero-order chi connectivity index (χ0) is 23.8. The van der Waals surface area contributed by atoms with Crippen molar-refractivity contribution in [2.24, 2.45) is 28.6 Å². The summed E-state index contributed by atoms with van der Waals surface area (Å²) in [5.74, 6) is 1.14. The predicted octanol–water partition coefficient (Wildman–Crippen LogP) is 5.83. The molecular weight excluding hydrogens is 410 g/mol. The molecule has 1 aromatic rings. The lowest BCUT2D eigenvalue weighted by atomic mass is 9.44. The Kier molecular flexibility index (Phi) is 5.09. The van der Waals surface area contributed by atoms with Gasteiger partial charge in [0, 0.05) is 12.5 Å². The molecule has 5 rings (SSSR count). The third kappa shape index (κ3) is 3.01. The lowest BCUT2D eigenvalue weighted by Gasteiger charge is -2.61. The van der Waals surface area contributed by atoms with Gasteiger partial charge in [-0.05, 0) is 90.1 Å². The fourth-order valence-electron chi connectivity index (χ4n) is 9.16. The summed E-state index contributed by atoms with van der Waals surface area (Å²) >= 11 is 0. The van der Waals surface area contributed by atoms with Crippen LogP contribution in [0.5, 0.6) is 0 Å². The van der Waals surface area contributed by atoms with E-state index in [0.29, 0.717) is 24.2 Å². The van der Waals surface area contributed by atoms with Crippen LogP contribution in [-0.4, -0.2) is 23.0 Å². The van der Waals surface area contributed by atoms with Gasteiger partial charge in [-0.25, -0.2) is 0 Å². The highest BCUT2D eigenvalue weighted by atomic mass is 16.4. The highest BCUT2D eigenvalue weighted by Crippen LogP contribution is 2.70. The van der Waals surface area contributed by atoms with Crippen molar-refractivity contribution in [2.75, 3.05) is 0 Å². The number of amides is 1. The summed E-state index contributed by atoms with van der Waals surface area (Å²) in [6, 6.07) is 8.65. The first-order valence-electron chi connectivity index (χ1n) is 13.1. The number of nitrogens with one attached hydrogen (secondary N) is 1. The Hall–Kier alpha value is -1.84. The summed E-state index contributed by atoms with van der Waals surface area (Å²) in [4.78, 5) is 25.4. The molecule has 4 fully saturated rings. The van der Waals surface area contributed by atoms with E-state index in [1.54, 1.807) is 0 Å². The molecule has 1 aromatic carbocycles. The van der Waals surface area contributed by atoms with E-state index in [2.05, 4.69) is 58.1 Å². The molecule has 7 atom stereocenters. The minimum Gasteiger partial charge on any atom is -0.481 e. The maximum Gasteiger partial charge on any atom is 0.314 e. The van der Waals surface area contributed by atoms with E-state index in [0.717, 1.165) is 50.5 Å². The average molecular weight is 452 g/mol. The highest BCUT2D eigenvalue weighted by molar-refractivity contribution is 5.84. The summed E-state index contributed by atoms with van der Waals surface area (Å²) in [5.41, 5.74) is 1.21. The molecule has 180 valence electrons. The standard InChI is InChI=1S/C29H41NO3/c1-26(2,3)21-8-6-7-9-22(21)29(25(32)33)17-13-20-18-10-11-23-27(4,15-14-24(31)30-23)19(18)12-16-28(20,29)5/h6-9,18-20,23H,10-17H2,1-5H3,(H,30,31)(H,32,33)/t18-,19-,20+,23?,27-,28+,29?/m1/s1. The van der Waals surface area contributed by atoms with Crippen molar-refractivity contribution >= 4 is 11.9 Å². The number of rotatable bonds is 2. The van der Waals surface area contributed by atoms with E-state index < -0.39 is 11.4 Å². The predicted molar refractivity (Wildman–Crippen MR) is 130 cm³/mol. The molecule has 0 bridgehead atoms.